The molecule has 1 saturated heterocycles. The topological polar surface area (TPSA) is 49.9 Å². The fourth-order valence-electron chi connectivity index (χ4n) is 3.47. The Hall–Kier alpha value is -2.82. The van der Waals surface area contributed by atoms with E-state index < -0.39 is 0 Å². The Morgan fingerprint density at radius 1 is 0.964 bits per heavy atom. The third-order valence-electron chi connectivity index (χ3n) is 5.30. The third kappa shape index (κ3) is 4.91. The molecule has 0 unspecified atom stereocenters. The first-order valence-electron chi connectivity index (χ1n) is 9.89. The van der Waals surface area contributed by atoms with Crippen molar-refractivity contribution < 1.29 is 14.3 Å². The number of ether oxygens (including phenoxy) is 1. The molecule has 3 rings (SSSR count). The number of anilines is 1. The average molecular weight is 380 g/mol. The monoisotopic (exact) mass is 380 g/mol. The Kier molecular flexibility index (Phi) is 6.69. The van der Waals surface area contributed by atoms with Gasteiger partial charge >= 0.3 is 0 Å². The number of nitrogens with zero attached hydrogens (tertiary/aromatic N) is 2. The lowest BCUT2D eigenvalue weighted by Gasteiger charge is -2.36. The summed E-state index contributed by atoms with van der Waals surface area (Å²) in [5.41, 5.74) is 3.01. The van der Waals surface area contributed by atoms with Gasteiger partial charge in [-0.15, -0.1) is 0 Å². The quantitative estimate of drug-likeness (QED) is 0.689. The Balaban J connectivity index is 1.47. The summed E-state index contributed by atoms with van der Waals surface area (Å²) in [5.74, 6) is 0.927. The molecule has 2 aromatic rings. The number of carbonyl (C=O) groups excluding carboxylic acids is 2. The maximum atomic E-state index is 12.5. The lowest BCUT2D eigenvalue weighted by Crippen LogP contribution is -2.48. The molecule has 5 nitrogen and oxygen atoms in total. The zero-order chi connectivity index (χ0) is 19.9. The van der Waals surface area contributed by atoms with Gasteiger partial charge < -0.3 is 14.5 Å². The highest BCUT2D eigenvalue weighted by atomic mass is 16.5. The van der Waals surface area contributed by atoms with Gasteiger partial charge in [0.25, 0.3) is 0 Å². The zero-order valence-electron chi connectivity index (χ0n) is 16.7. The maximum Gasteiger partial charge on any atom is 0.223 e. The predicted molar refractivity (Wildman–Crippen MR) is 111 cm³/mol. The number of methoxy groups -OCH3 is 1. The number of benzene rings is 2. The molecule has 2 aromatic carbocycles. The zero-order valence-corrected chi connectivity index (χ0v) is 16.7. The van der Waals surface area contributed by atoms with Crippen molar-refractivity contribution >= 4 is 17.4 Å². The molecule has 0 N–H and O–H groups in total. The van der Waals surface area contributed by atoms with Crippen molar-refractivity contribution in [2.24, 2.45) is 0 Å². The highest BCUT2D eigenvalue weighted by molar-refractivity contribution is 5.98. The fraction of sp³-hybridized carbons (Fsp3) is 0.391. The molecule has 1 fully saturated rings. The Labute approximate surface area is 166 Å². The molecule has 0 aliphatic carbocycles. The number of amides is 1. The van der Waals surface area contributed by atoms with Crippen LogP contribution >= 0.6 is 0 Å². The normalized spacial score (nSPS) is 14.1. The van der Waals surface area contributed by atoms with E-state index >= 15 is 0 Å². The van der Waals surface area contributed by atoms with Crippen LogP contribution in [0.5, 0.6) is 5.75 Å². The first kappa shape index (κ1) is 19.9. The number of piperazine rings is 1. The molecule has 0 saturated carbocycles. The number of ketones is 1. The van der Waals surface area contributed by atoms with Crippen molar-refractivity contribution in [3.05, 3.63) is 59.7 Å². The van der Waals surface area contributed by atoms with Crippen molar-refractivity contribution in [1.82, 2.24) is 4.90 Å². The summed E-state index contributed by atoms with van der Waals surface area (Å²) in [4.78, 5) is 29.0. The average Bonchev–Trinajstić information content (AvgIpc) is 2.77. The Morgan fingerprint density at radius 3 is 2.32 bits per heavy atom. The molecular weight excluding hydrogens is 352 g/mol. The van der Waals surface area contributed by atoms with E-state index in [1.807, 2.05) is 47.4 Å². The van der Waals surface area contributed by atoms with E-state index in [-0.39, 0.29) is 24.5 Å². The van der Waals surface area contributed by atoms with Crippen molar-refractivity contribution in [3.63, 3.8) is 0 Å². The number of Topliss-reactive ketones (excluding diaryl/α,β-unsaturated/α-hetero) is 1. The van der Waals surface area contributed by atoms with E-state index in [2.05, 4.69) is 17.9 Å². The maximum absolute atomic E-state index is 12.5. The van der Waals surface area contributed by atoms with Crippen LogP contribution in [0.15, 0.2) is 48.5 Å². The number of hydrogen-bond donors (Lipinski definition) is 0. The summed E-state index contributed by atoms with van der Waals surface area (Å²) in [6, 6.07) is 15.7. The van der Waals surface area contributed by atoms with Crippen LogP contribution < -0.4 is 9.64 Å². The minimum Gasteiger partial charge on any atom is -0.497 e. The summed E-state index contributed by atoms with van der Waals surface area (Å²) in [5, 5.41) is 0. The van der Waals surface area contributed by atoms with Gasteiger partial charge in [0.1, 0.15) is 5.75 Å². The molecule has 0 bridgehead atoms. The van der Waals surface area contributed by atoms with Gasteiger partial charge in [0.2, 0.25) is 5.91 Å². The minimum absolute atomic E-state index is 0.0334. The van der Waals surface area contributed by atoms with Gasteiger partial charge in [-0.2, -0.15) is 0 Å². The summed E-state index contributed by atoms with van der Waals surface area (Å²) in [7, 11) is 1.66. The van der Waals surface area contributed by atoms with Gasteiger partial charge in [-0.3, -0.25) is 9.59 Å². The molecule has 1 aliphatic rings. The van der Waals surface area contributed by atoms with Crippen LogP contribution in [0.3, 0.4) is 0 Å². The summed E-state index contributed by atoms with van der Waals surface area (Å²) in [6.07, 6.45) is 1.49. The molecule has 5 heteroatoms. The molecule has 1 amide bonds. The largest absolute Gasteiger partial charge is 0.497 e. The smallest absolute Gasteiger partial charge is 0.223 e. The second-order valence-electron chi connectivity index (χ2n) is 7.04. The number of carbonyl (C=O) groups is 2. The predicted octanol–water partition coefficient (Wildman–Crippen LogP) is 3.57. The molecule has 0 atom stereocenters. The van der Waals surface area contributed by atoms with Gasteiger partial charge in [-0.05, 0) is 24.1 Å². The third-order valence-corrected chi connectivity index (χ3v) is 5.30. The SMILES string of the molecule is CCc1ccc(C(=O)CCC(=O)N2CCN(c3cccc(OC)c3)CC2)cc1. The van der Waals surface area contributed by atoms with Crippen LogP contribution in [-0.2, 0) is 11.2 Å². The van der Waals surface area contributed by atoms with E-state index in [9.17, 15) is 9.59 Å². The van der Waals surface area contributed by atoms with Crippen molar-refractivity contribution in [2.75, 3.05) is 38.2 Å². The molecule has 1 aliphatic heterocycles. The number of rotatable bonds is 7. The van der Waals surface area contributed by atoms with E-state index in [1.165, 1.54) is 5.56 Å². The van der Waals surface area contributed by atoms with Crippen molar-refractivity contribution in [1.29, 1.82) is 0 Å². The molecule has 0 aromatic heterocycles. The fourth-order valence-corrected chi connectivity index (χ4v) is 3.47. The first-order valence-corrected chi connectivity index (χ1v) is 9.89. The number of hydrogen-bond acceptors (Lipinski definition) is 4. The highest BCUT2D eigenvalue weighted by Crippen LogP contribution is 2.22. The molecule has 28 heavy (non-hydrogen) atoms. The Morgan fingerprint density at radius 2 is 1.68 bits per heavy atom. The number of aryl methyl sites for hydroxylation is 1. The second-order valence-corrected chi connectivity index (χ2v) is 7.04. The Bertz CT molecular complexity index is 809. The van der Waals surface area contributed by atoms with Crippen LogP contribution in [0.4, 0.5) is 5.69 Å². The van der Waals surface area contributed by atoms with Crippen LogP contribution in [0.25, 0.3) is 0 Å². The van der Waals surface area contributed by atoms with Crippen LogP contribution in [0, 0.1) is 0 Å². The van der Waals surface area contributed by atoms with Gasteiger partial charge in [0.05, 0.1) is 7.11 Å². The van der Waals surface area contributed by atoms with Gasteiger partial charge in [-0.1, -0.05) is 37.3 Å². The van der Waals surface area contributed by atoms with Gasteiger partial charge in [0, 0.05) is 56.3 Å². The van der Waals surface area contributed by atoms with Crippen LogP contribution in [-0.4, -0.2) is 49.9 Å². The molecule has 1 heterocycles. The van der Waals surface area contributed by atoms with Gasteiger partial charge in [0.15, 0.2) is 5.78 Å². The summed E-state index contributed by atoms with van der Waals surface area (Å²) in [6.45, 7) is 5.01. The van der Waals surface area contributed by atoms with E-state index in [0.717, 1.165) is 30.9 Å². The second kappa shape index (κ2) is 9.40. The molecular formula is C23H28N2O3. The van der Waals surface area contributed by atoms with Crippen LogP contribution in [0.1, 0.15) is 35.7 Å². The molecule has 0 spiro atoms. The molecule has 148 valence electrons. The van der Waals surface area contributed by atoms with Crippen molar-refractivity contribution in [3.8, 4) is 5.75 Å². The standard InChI is InChI=1S/C23H28N2O3/c1-3-18-7-9-19(10-8-18)22(26)11-12-23(27)25-15-13-24(14-16-25)20-5-4-6-21(17-20)28-2/h4-10,17H,3,11-16H2,1-2H3. The van der Waals surface area contributed by atoms with Crippen molar-refractivity contribution in [2.45, 2.75) is 26.2 Å². The minimum atomic E-state index is 0.0334. The van der Waals surface area contributed by atoms with E-state index in [1.54, 1.807) is 7.11 Å². The summed E-state index contributed by atoms with van der Waals surface area (Å²) >= 11 is 0. The van der Waals surface area contributed by atoms with Crippen LogP contribution in [0.2, 0.25) is 0 Å². The summed E-state index contributed by atoms with van der Waals surface area (Å²) < 4.78 is 5.29. The highest BCUT2D eigenvalue weighted by Gasteiger charge is 2.22. The lowest BCUT2D eigenvalue weighted by atomic mass is 10.0. The molecule has 0 radical (unpaired) electrons. The van der Waals surface area contributed by atoms with E-state index in [4.69, 9.17) is 4.74 Å². The van der Waals surface area contributed by atoms with Gasteiger partial charge in [-0.25, -0.2) is 0 Å². The van der Waals surface area contributed by atoms with E-state index in [0.29, 0.717) is 18.7 Å². The first-order chi connectivity index (χ1) is 13.6. The lowest BCUT2D eigenvalue weighted by molar-refractivity contribution is -0.131.